The first-order chi connectivity index (χ1) is 12.6. The fourth-order valence-corrected chi connectivity index (χ4v) is 3.40. The molecule has 0 unspecified atom stereocenters. The molecule has 0 aromatic heterocycles. The first kappa shape index (κ1) is 18.8. The number of ether oxygens (including phenoxy) is 1. The maximum absolute atomic E-state index is 5.62. The molecule has 1 heterocycles. The molecule has 0 radical (unpaired) electrons. The molecule has 5 heteroatoms. The number of aryl methyl sites for hydroxylation is 2. The van der Waals surface area contributed by atoms with E-state index in [-0.39, 0.29) is 6.04 Å². The Morgan fingerprint density at radius 3 is 2.58 bits per heavy atom. The van der Waals surface area contributed by atoms with Gasteiger partial charge in [-0.1, -0.05) is 42.5 Å². The highest BCUT2D eigenvalue weighted by atomic mass is 32.1. The van der Waals surface area contributed by atoms with Crippen LogP contribution in [0.1, 0.15) is 22.7 Å². The number of nitrogens with zero attached hydrogens (tertiary/aromatic N) is 1. The third-order valence-electron chi connectivity index (χ3n) is 4.69. The van der Waals surface area contributed by atoms with Crippen LogP contribution in [-0.2, 0) is 4.74 Å². The summed E-state index contributed by atoms with van der Waals surface area (Å²) < 4.78 is 5.47. The van der Waals surface area contributed by atoms with Gasteiger partial charge >= 0.3 is 0 Å². The summed E-state index contributed by atoms with van der Waals surface area (Å²) in [5, 5.41) is 7.53. The van der Waals surface area contributed by atoms with E-state index in [4.69, 9.17) is 17.0 Å². The van der Waals surface area contributed by atoms with Crippen LogP contribution in [0.2, 0.25) is 0 Å². The number of anilines is 1. The van der Waals surface area contributed by atoms with E-state index in [0.717, 1.165) is 38.5 Å². The van der Waals surface area contributed by atoms with Gasteiger partial charge in [0.2, 0.25) is 0 Å². The lowest BCUT2D eigenvalue weighted by molar-refractivity contribution is 0.0344. The van der Waals surface area contributed by atoms with Crippen molar-refractivity contribution in [2.75, 3.05) is 38.2 Å². The number of hydrogen-bond acceptors (Lipinski definition) is 3. The van der Waals surface area contributed by atoms with Gasteiger partial charge in [0.1, 0.15) is 0 Å². The quantitative estimate of drug-likeness (QED) is 0.787. The van der Waals surface area contributed by atoms with Gasteiger partial charge in [-0.15, -0.1) is 0 Å². The summed E-state index contributed by atoms with van der Waals surface area (Å²) in [6.07, 6.45) is 0. The molecule has 0 amide bonds. The van der Waals surface area contributed by atoms with Crippen LogP contribution in [0.25, 0.3) is 0 Å². The van der Waals surface area contributed by atoms with Gasteiger partial charge in [0.25, 0.3) is 0 Å². The zero-order chi connectivity index (χ0) is 18.4. The monoisotopic (exact) mass is 369 g/mol. The molecule has 1 aliphatic heterocycles. The fourth-order valence-electron chi connectivity index (χ4n) is 3.15. The van der Waals surface area contributed by atoms with Crippen LogP contribution in [0.5, 0.6) is 0 Å². The first-order valence-electron chi connectivity index (χ1n) is 9.11. The maximum atomic E-state index is 5.62. The Morgan fingerprint density at radius 1 is 1.12 bits per heavy atom. The second-order valence-corrected chi connectivity index (χ2v) is 7.20. The minimum atomic E-state index is 0.138. The van der Waals surface area contributed by atoms with Crippen LogP contribution in [0, 0.1) is 13.8 Å². The fraction of sp³-hybridized carbons (Fsp3) is 0.381. The molecular weight excluding hydrogens is 342 g/mol. The molecule has 0 aliphatic carbocycles. The number of thiocarbonyl (C=S) groups is 1. The highest BCUT2D eigenvalue weighted by Crippen LogP contribution is 2.18. The Bertz CT molecular complexity index is 729. The van der Waals surface area contributed by atoms with Crippen LogP contribution < -0.4 is 10.6 Å². The lowest BCUT2D eigenvalue weighted by Crippen LogP contribution is -2.44. The first-order valence-corrected chi connectivity index (χ1v) is 9.52. The average Bonchev–Trinajstić information content (AvgIpc) is 2.66. The Hall–Kier alpha value is -1.95. The van der Waals surface area contributed by atoms with Crippen LogP contribution in [0.15, 0.2) is 48.5 Å². The molecule has 138 valence electrons. The molecule has 1 aliphatic rings. The van der Waals surface area contributed by atoms with E-state index in [1.807, 2.05) is 6.07 Å². The molecular formula is C21H27N3OS. The number of morpholine rings is 1. The summed E-state index contributed by atoms with van der Waals surface area (Å²) in [7, 11) is 0. The Kier molecular flexibility index (Phi) is 6.61. The topological polar surface area (TPSA) is 36.5 Å². The predicted molar refractivity (Wildman–Crippen MR) is 112 cm³/mol. The SMILES string of the molecule is Cc1ccc(C)c(NC(=S)N[C@H](CN2CCOCC2)c2ccccc2)c1. The Labute approximate surface area is 161 Å². The highest BCUT2D eigenvalue weighted by molar-refractivity contribution is 7.80. The van der Waals surface area contributed by atoms with E-state index in [1.54, 1.807) is 0 Å². The van der Waals surface area contributed by atoms with Crippen LogP contribution >= 0.6 is 12.2 Å². The van der Waals surface area contributed by atoms with Crippen molar-refractivity contribution in [2.24, 2.45) is 0 Å². The van der Waals surface area contributed by atoms with Gasteiger partial charge in [-0.05, 0) is 48.8 Å². The summed E-state index contributed by atoms with van der Waals surface area (Å²) in [5.74, 6) is 0. The molecule has 1 atom stereocenters. The van der Waals surface area contributed by atoms with E-state index in [2.05, 4.69) is 71.8 Å². The van der Waals surface area contributed by atoms with Crippen molar-refractivity contribution in [3.8, 4) is 0 Å². The number of hydrogen-bond donors (Lipinski definition) is 2. The van der Waals surface area contributed by atoms with Gasteiger partial charge in [0, 0.05) is 25.3 Å². The molecule has 2 aromatic carbocycles. The maximum Gasteiger partial charge on any atom is 0.171 e. The summed E-state index contributed by atoms with van der Waals surface area (Å²) in [4.78, 5) is 2.43. The van der Waals surface area contributed by atoms with Crippen molar-refractivity contribution in [1.82, 2.24) is 10.2 Å². The van der Waals surface area contributed by atoms with Gasteiger partial charge in [-0.2, -0.15) is 0 Å². The standard InChI is InChI=1S/C21H27N3OS/c1-16-8-9-17(2)19(14-16)22-21(26)23-20(18-6-4-3-5-7-18)15-24-10-12-25-13-11-24/h3-9,14,20H,10-13,15H2,1-2H3,(H2,22,23,26)/t20-/m1/s1. The van der Waals surface area contributed by atoms with Crippen LogP contribution in [0.3, 0.4) is 0 Å². The van der Waals surface area contributed by atoms with Gasteiger partial charge in [0.15, 0.2) is 5.11 Å². The van der Waals surface area contributed by atoms with Crippen molar-refractivity contribution in [1.29, 1.82) is 0 Å². The Balaban J connectivity index is 1.70. The normalized spacial score (nSPS) is 16.1. The third kappa shape index (κ3) is 5.27. The van der Waals surface area contributed by atoms with Crippen molar-refractivity contribution in [3.05, 3.63) is 65.2 Å². The van der Waals surface area contributed by atoms with Crippen LogP contribution in [0.4, 0.5) is 5.69 Å². The molecule has 3 rings (SSSR count). The van der Waals surface area contributed by atoms with Crippen molar-refractivity contribution >= 4 is 23.0 Å². The molecule has 0 saturated carbocycles. The molecule has 4 nitrogen and oxygen atoms in total. The molecule has 1 saturated heterocycles. The molecule has 1 fully saturated rings. The lowest BCUT2D eigenvalue weighted by Gasteiger charge is -2.31. The van der Waals surface area contributed by atoms with E-state index >= 15 is 0 Å². The van der Waals surface area contributed by atoms with Crippen molar-refractivity contribution in [2.45, 2.75) is 19.9 Å². The van der Waals surface area contributed by atoms with E-state index in [0.29, 0.717) is 5.11 Å². The number of nitrogens with one attached hydrogen (secondary N) is 2. The average molecular weight is 370 g/mol. The minimum Gasteiger partial charge on any atom is -0.379 e. The van der Waals surface area contributed by atoms with Gasteiger partial charge in [-0.25, -0.2) is 0 Å². The van der Waals surface area contributed by atoms with Crippen LogP contribution in [-0.4, -0.2) is 42.9 Å². The summed E-state index contributed by atoms with van der Waals surface area (Å²) in [6, 6.07) is 17.0. The highest BCUT2D eigenvalue weighted by Gasteiger charge is 2.19. The third-order valence-corrected chi connectivity index (χ3v) is 4.91. The lowest BCUT2D eigenvalue weighted by atomic mass is 10.1. The largest absolute Gasteiger partial charge is 0.379 e. The zero-order valence-corrected chi connectivity index (χ0v) is 16.3. The predicted octanol–water partition coefficient (Wildman–Crippen LogP) is 3.66. The van der Waals surface area contributed by atoms with E-state index in [1.165, 1.54) is 16.7 Å². The molecule has 26 heavy (non-hydrogen) atoms. The van der Waals surface area contributed by atoms with Gasteiger partial charge in [0.05, 0.1) is 19.3 Å². The smallest absolute Gasteiger partial charge is 0.171 e. The second-order valence-electron chi connectivity index (χ2n) is 6.79. The van der Waals surface area contributed by atoms with Gasteiger partial charge in [-0.3, -0.25) is 4.90 Å². The van der Waals surface area contributed by atoms with E-state index in [9.17, 15) is 0 Å². The Morgan fingerprint density at radius 2 is 1.85 bits per heavy atom. The summed E-state index contributed by atoms with van der Waals surface area (Å²) in [6.45, 7) is 8.60. The second kappa shape index (κ2) is 9.12. The zero-order valence-electron chi connectivity index (χ0n) is 15.5. The summed E-state index contributed by atoms with van der Waals surface area (Å²) in [5.41, 5.74) is 4.70. The molecule has 0 bridgehead atoms. The molecule has 2 N–H and O–H groups in total. The van der Waals surface area contributed by atoms with Gasteiger partial charge < -0.3 is 15.4 Å². The molecule has 2 aromatic rings. The number of benzene rings is 2. The number of rotatable bonds is 5. The minimum absolute atomic E-state index is 0.138. The summed E-state index contributed by atoms with van der Waals surface area (Å²) >= 11 is 5.62. The van der Waals surface area contributed by atoms with E-state index < -0.39 is 0 Å². The molecule has 0 spiro atoms. The van der Waals surface area contributed by atoms with Crippen molar-refractivity contribution in [3.63, 3.8) is 0 Å². The van der Waals surface area contributed by atoms with Crippen molar-refractivity contribution < 1.29 is 4.74 Å².